The van der Waals surface area contributed by atoms with Crippen LogP contribution in [0.5, 0.6) is 0 Å². The minimum atomic E-state index is -3.66. The van der Waals surface area contributed by atoms with Crippen molar-refractivity contribution in [1.29, 1.82) is 0 Å². The molecule has 2 N–H and O–H groups in total. The number of unbranched alkanes of at least 4 members (excludes halogenated alkanes) is 4. The van der Waals surface area contributed by atoms with Crippen LogP contribution in [0.25, 0.3) is 0 Å². The lowest BCUT2D eigenvalue weighted by Crippen LogP contribution is -2.32. The van der Waals surface area contributed by atoms with Crippen molar-refractivity contribution in [2.75, 3.05) is 13.1 Å². The minimum Gasteiger partial charge on any atom is -0.444 e. The normalized spacial score (nSPS) is 12.0. The van der Waals surface area contributed by atoms with Crippen molar-refractivity contribution in [1.82, 2.24) is 10.0 Å². The maximum atomic E-state index is 11.5. The average Bonchev–Trinajstić information content (AvgIpc) is 2.54. The van der Waals surface area contributed by atoms with Gasteiger partial charge in [-0.25, -0.2) is 13.2 Å². The lowest BCUT2D eigenvalue weighted by molar-refractivity contribution is 0.0527. The van der Waals surface area contributed by atoms with Crippen LogP contribution in [0.3, 0.4) is 0 Å². The summed E-state index contributed by atoms with van der Waals surface area (Å²) in [5, 5.41) is 2.76. The molecule has 1 aromatic carbocycles. The molecule has 0 bridgehead atoms. The Bertz CT molecular complexity index is 674. The molecule has 0 unspecified atom stereocenters. The van der Waals surface area contributed by atoms with Gasteiger partial charge in [0.1, 0.15) is 5.60 Å². The number of benzene rings is 1. The first-order chi connectivity index (χ1) is 12.6. The molecule has 6 nitrogen and oxygen atoms in total. The van der Waals surface area contributed by atoms with Crippen molar-refractivity contribution in [3.05, 3.63) is 24.3 Å². The van der Waals surface area contributed by atoms with Gasteiger partial charge in [0, 0.05) is 28.7 Å². The Morgan fingerprint density at radius 1 is 1.04 bits per heavy atom. The number of carbonyl (C=O) groups is 1. The summed E-state index contributed by atoms with van der Waals surface area (Å²) in [6, 6.07) is 6.45. The van der Waals surface area contributed by atoms with Crippen LogP contribution in [-0.2, 0) is 13.8 Å². The van der Waals surface area contributed by atoms with E-state index < -0.39 is 14.7 Å². The van der Waals surface area contributed by atoms with Crippen LogP contribution in [0, 0.1) is 0 Å². The molecule has 0 atom stereocenters. The first-order valence-electron chi connectivity index (χ1n) is 8.99. The molecular weight excluding hydrogens is 408 g/mol. The molecule has 0 saturated heterocycles. The molecule has 0 aliphatic heterocycles. The van der Waals surface area contributed by atoms with E-state index in [1.54, 1.807) is 12.1 Å². The van der Waals surface area contributed by atoms with Crippen molar-refractivity contribution >= 4 is 37.8 Å². The molecule has 0 saturated carbocycles. The number of ether oxygens (including phenoxy) is 1. The largest absolute Gasteiger partial charge is 0.444 e. The maximum absolute atomic E-state index is 11.5. The highest BCUT2D eigenvalue weighted by Gasteiger charge is 2.15. The number of hydrogen-bond acceptors (Lipinski definition) is 6. The number of amides is 1. The highest BCUT2D eigenvalue weighted by molar-refractivity contribution is 8.13. The lowest BCUT2D eigenvalue weighted by Gasteiger charge is -2.19. The van der Waals surface area contributed by atoms with Crippen molar-refractivity contribution in [3.8, 4) is 0 Å². The molecule has 1 rings (SSSR count). The van der Waals surface area contributed by atoms with Gasteiger partial charge in [0.25, 0.3) is 9.05 Å². The number of halogens is 1. The highest BCUT2D eigenvalue weighted by atomic mass is 35.7. The Morgan fingerprint density at radius 3 is 2.15 bits per heavy atom. The summed E-state index contributed by atoms with van der Waals surface area (Å²) in [6.45, 7) is 7.04. The van der Waals surface area contributed by atoms with Gasteiger partial charge in [-0.3, -0.25) is 4.72 Å². The summed E-state index contributed by atoms with van der Waals surface area (Å²) in [4.78, 5) is 12.5. The van der Waals surface area contributed by atoms with Crippen molar-refractivity contribution in [2.45, 2.75) is 68.3 Å². The van der Waals surface area contributed by atoms with Crippen LogP contribution in [0.2, 0.25) is 0 Å². The van der Waals surface area contributed by atoms with Gasteiger partial charge in [0.2, 0.25) is 0 Å². The van der Waals surface area contributed by atoms with E-state index in [1.165, 1.54) is 24.1 Å². The van der Waals surface area contributed by atoms with E-state index >= 15 is 0 Å². The Balaban J connectivity index is 2.00. The third-order valence-corrected chi connectivity index (χ3v) is 5.65. The van der Waals surface area contributed by atoms with E-state index in [2.05, 4.69) is 10.0 Å². The van der Waals surface area contributed by atoms with E-state index in [-0.39, 0.29) is 11.0 Å². The Morgan fingerprint density at radius 2 is 1.59 bits per heavy atom. The summed E-state index contributed by atoms with van der Waals surface area (Å²) in [7, 11) is 1.62. The lowest BCUT2D eigenvalue weighted by atomic mass is 10.1. The minimum absolute atomic E-state index is 0.106. The molecule has 0 radical (unpaired) electrons. The van der Waals surface area contributed by atoms with Gasteiger partial charge in [-0.1, -0.05) is 19.3 Å². The molecule has 0 aliphatic carbocycles. The number of carbonyl (C=O) groups excluding carboxylic acids is 1. The van der Waals surface area contributed by atoms with Crippen molar-refractivity contribution in [3.63, 3.8) is 0 Å². The second kappa shape index (κ2) is 11.8. The zero-order valence-electron chi connectivity index (χ0n) is 16.1. The van der Waals surface area contributed by atoms with Gasteiger partial charge in [0.05, 0.1) is 4.90 Å². The first kappa shape index (κ1) is 24.1. The average molecular weight is 437 g/mol. The fourth-order valence-corrected chi connectivity index (χ4v) is 3.62. The van der Waals surface area contributed by atoms with E-state index in [0.717, 1.165) is 43.5 Å². The Hall–Kier alpha value is -0.960. The van der Waals surface area contributed by atoms with E-state index in [4.69, 9.17) is 15.4 Å². The monoisotopic (exact) mass is 436 g/mol. The smallest absolute Gasteiger partial charge is 0.407 e. The van der Waals surface area contributed by atoms with Gasteiger partial charge in [-0.15, -0.1) is 0 Å². The highest BCUT2D eigenvalue weighted by Crippen LogP contribution is 2.20. The second-order valence-electron chi connectivity index (χ2n) is 7.10. The predicted molar refractivity (Wildman–Crippen MR) is 111 cm³/mol. The summed E-state index contributed by atoms with van der Waals surface area (Å²) in [5.41, 5.74) is -0.459. The van der Waals surface area contributed by atoms with Gasteiger partial charge < -0.3 is 10.1 Å². The summed E-state index contributed by atoms with van der Waals surface area (Å²) in [5.74, 6) is 0. The molecule has 0 heterocycles. The van der Waals surface area contributed by atoms with Crippen LogP contribution in [0.1, 0.15) is 52.9 Å². The molecule has 1 aromatic rings. The standard InChI is InChI=1S/C18H29ClN2O4S2/c1-18(2,3)25-17(22)20-13-7-5-4-6-8-14-21-26-15-9-11-16(12-10-15)27(19,23)24/h9-12,21H,4-8,13-14H2,1-3H3,(H,20,22). The van der Waals surface area contributed by atoms with Crippen LogP contribution in [0.15, 0.2) is 34.1 Å². The molecular formula is C18H29ClN2O4S2. The summed E-state index contributed by atoms with van der Waals surface area (Å²) in [6.07, 6.45) is 4.93. The topological polar surface area (TPSA) is 84.5 Å². The Kier molecular flexibility index (Phi) is 10.5. The van der Waals surface area contributed by atoms with Gasteiger partial charge in [0.15, 0.2) is 0 Å². The summed E-state index contributed by atoms with van der Waals surface area (Å²) < 4.78 is 30.8. The van der Waals surface area contributed by atoms with E-state index in [1.807, 2.05) is 20.8 Å². The van der Waals surface area contributed by atoms with E-state index in [9.17, 15) is 13.2 Å². The molecule has 0 fully saturated rings. The number of hydrogen-bond donors (Lipinski definition) is 2. The summed E-state index contributed by atoms with van der Waals surface area (Å²) >= 11 is 1.47. The molecule has 0 aromatic heterocycles. The maximum Gasteiger partial charge on any atom is 0.407 e. The van der Waals surface area contributed by atoms with Gasteiger partial charge >= 0.3 is 6.09 Å². The third kappa shape index (κ3) is 12.2. The van der Waals surface area contributed by atoms with Crippen LogP contribution in [-0.4, -0.2) is 33.2 Å². The van der Waals surface area contributed by atoms with Crippen LogP contribution >= 0.6 is 22.6 Å². The fraction of sp³-hybridized carbons (Fsp3) is 0.611. The number of alkyl carbamates (subject to hydrolysis) is 1. The second-order valence-corrected chi connectivity index (χ2v) is 10.6. The zero-order chi connectivity index (χ0) is 20.3. The molecule has 0 spiro atoms. The SMILES string of the molecule is CC(C)(C)OC(=O)NCCCCCCCNSc1ccc(S(=O)(=O)Cl)cc1. The third-order valence-electron chi connectivity index (χ3n) is 3.42. The number of rotatable bonds is 11. The van der Waals surface area contributed by atoms with Crippen LogP contribution in [0.4, 0.5) is 4.79 Å². The number of nitrogens with one attached hydrogen (secondary N) is 2. The fourth-order valence-electron chi connectivity index (χ4n) is 2.16. The molecule has 0 aliphatic rings. The quantitative estimate of drug-likeness (QED) is 0.297. The van der Waals surface area contributed by atoms with Gasteiger partial charge in [-0.05, 0) is 69.8 Å². The van der Waals surface area contributed by atoms with E-state index in [0.29, 0.717) is 6.54 Å². The van der Waals surface area contributed by atoms with Crippen molar-refractivity contribution < 1.29 is 17.9 Å². The molecule has 154 valence electrons. The van der Waals surface area contributed by atoms with Gasteiger partial charge in [-0.2, -0.15) is 0 Å². The molecule has 1 amide bonds. The Labute approximate surface area is 171 Å². The molecule has 27 heavy (non-hydrogen) atoms. The van der Waals surface area contributed by atoms with Crippen molar-refractivity contribution in [2.24, 2.45) is 0 Å². The zero-order valence-corrected chi connectivity index (χ0v) is 18.5. The molecule has 9 heteroatoms. The van der Waals surface area contributed by atoms with Crippen LogP contribution < -0.4 is 10.0 Å². The first-order valence-corrected chi connectivity index (χ1v) is 12.1. The predicted octanol–water partition coefficient (Wildman–Crippen LogP) is 4.69.